The van der Waals surface area contributed by atoms with Crippen molar-refractivity contribution in [2.75, 3.05) is 6.61 Å². The summed E-state index contributed by atoms with van der Waals surface area (Å²) in [4.78, 5) is 11.8. The molecule has 1 aliphatic heterocycles. The van der Waals surface area contributed by atoms with Gasteiger partial charge in [0.25, 0.3) is 5.78 Å². The highest BCUT2D eigenvalue weighted by molar-refractivity contribution is 6.06. The zero-order chi connectivity index (χ0) is 9.97. The minimum atomic E-state index is -0.146. The second-order valence-electron chi connectivity index (χ2n) is 3.32. The number of carbonyl (C=O) groups excluding carboxylic acids is 1. The first-order valence-electron chi connectivity index (χ1n) is 4.71. The number of ketones is 1. The second kappa shape index (κ2) is 3.70. The summed E-state index contributed by atoms with van der Waals surface area (Å²) in [5.74, 6) is 0.666. The fourth-order valence-electron chi connectivity index (χ4n) is 1.43. The van der Waals surface area contributed by atoms with Crippen molar-refractivity contribution in [1.82, 2.24) is 0 Å². The van der Waals surface area contributed by atoms with Crippen LogP contribution in [0.2, 0.25) is 0 Å². The van der Waals surface area contributed by atoms with E-state index in [1.54, 1.807) is 6.07 Å². The largest absolute Gasteiger partial charge is 0.490 e. The summed E-state index contributed by atoms with van der Waals surface area (Å²) in [5.41, 5.74) is 0.852. The summed E-state index contributed by atoms with van der Waals surface area (Å²) in [6.45, 7) is 2.47. The lowest BCUT2D eigenvalue weighted by Crippen LogP contribution is -2.11. The van der Waals surface area contributed by atoms with Crippen LogP contribution in [0, 0.1) is 6.92 Å². The van der Waals surface area contributed by atoms with Gasteiger partial charge in [-0.3, -0.25) is 4.79 Å². The average Bonchev–Trinajstić information content (AvgIpc) is 2.65. The summed E-state index contributed by atoms with van der Waals surface area (Å²) in [7, 11) is 0. The van der Waals surface area contributed by atoms with Crippen molar-refractivity contribution in [2.45, 2.75) is 19.8 Å². The predicted molar refractivity (Wildman–Crippen MR) is 51.0 cm³/mol. The van der Waals surface area contributed by atoms with Gasteiger partial charge in [0.1, 0.15) is 0 Å². The van der Waals surface area contributed by atoms with Gasteiger partial charge in [-0.05, 0) is 37.5 Å². The van der Waals surface area contributed by atoms with E-state index in [1.807, 2.05) is 13.0 Å². The van der Waals surface area contributed by atoms with Crippen molar-refractivity contribution >= 4 is 5.78 Å². The van der Waals surface area contributed by atoms with Gasteiger partial charge < -0.3 is 9.15 Å². The maximum atomic E-state index is 11.8. The van der Waals surface area contributed by atoms with E-state index >= 15 is 0 Å². The molecule has 0 atom stereocenters. The standard InChI is InChI=1S/C11H12O3/c1-8-5-7-14-11(8)10(12)9-4-2-3-6-13-9/h4-5,7H,2-3,6H2,1H3. The zero-order valence-corrected chi connectivity index (χ0v) is 8.08. The summed E-state index contributed by atoms with van der Waals surface area (Å²) in [5, 5.41) is 0. The third-order valence-electron chi connectivity index (χ3n) is 2.23. The van der Waals surface area contributed by atoms with E-state index in [2.05, 4.69) is 0 Å². The van der Waals surface area contributed by atoms with Gasteiger partial charge in [-0.1, -0.05) is 0 Å². The summed E-state index contributed by atoms with van der Waals surface area (Å²) in [6.07, 6.45) is 5.23. The first kappa shape index (κ1) is 9.06. The van der Waals surface area contributed by atoms with Crippen molar-refractivity contribution in [3.8, 4) is 0 Å². The van der Waals surface area contributed by atoms with Crippen molar-refractivity contribution in [1.29, 1.82) is 0 Å². The van der Waals surface area contributed by atoms with Crippen molar-refractivity contribution in [2.24, 2.45) is 0 Å². The molecular weight excluding hydrogens is 180 g/mol. The van der Waals surface area contributed by atoms with Gasteiger partial charge >= 0.3 is 0 Å². The van der Waals surface area contributed by atoms with Crippen molar-refractivity contribution in [3.63, 3.8) is 0 Å². The number of carbonyl (C=O) groups is 1. The Morgan fingerprint density at radius 1 is 1.50 bits per heavy atom. The summed E-state index contributed by atoms with van der Waals surface area (Å²) < 4.78 is 10.4. The Labute approximate surface area is 82.4 Å². The second-order valence-corrected chi connectivity index (χ2v) is 3.32. The molecule has 3 heteroatoms. The van der Waals surface area contributed by atoms with Crippen LogP contribution >= 0.6 is 0 Å². The number of allylic oxidation sites excluding steroid dienone is 2. The van der Waals surface area contributed by atoms with Crippen LogP contribution in [0.25, 0.3) is 0 Å². The van der Waals surface area contributed by atoms with Crippen LogP contribution in [-0.2, 0) is 4.74 Å². The molecule has 1 aromatic heterocycles. The predicted octanol–water partition coefficient (Wildman–Crippen LogP) is 2.47. The molecule has 14 heavy (non-hydrogen) atoms. The maximum Gasteiger partial charge on any atom is 0.262 e. The Bertz CT molecular complexity index is 374. The van der Waals surface area contributed by atoms with E-state index in [9.17, 15) is 4.79 Å². The Morgan fingerprint density at radius 2 is 2.36 bits per heavy atom. The molecule has 74 valence electrons. The molecular formula is C11H12O3. The lowest BCUT2D eigenvalue weighted by Gasteiger charge is -2.12. The number of ether oxygens (including phenoxy) is 1. The molecule has 0 amide bonds. The van der Waals surface area contributed by atoms with Gasteiger partial charge in [0, 0.05) is 0 Å². The molecule has 0 N–H and O–H groups in total. The van der Waals surface area contributed by atoms with E-state index in [0.29, 0.717) is 18.1 Å². The molecule has 1 aliphatic rings. The van der Waals surface area contributed by atoms with E-state index in [-0.39, 0.29) is 5.78 Å². The zero-order valence-electron chi connectivity index (χ0n) is 8.08. The Morgan fingerprint density at radius 3 is 2.93 bits per heavy atom. The van der Waals surface area contributed by atoms with E-state index in [0.717, 1.165) is 18.4 Å². The quantitative estimate of drug-likeness (QED) is 0.676. The van der Waals surface area contributed by atoms with Crippen LogP contribution in [0.3, 0.4) is 0 Å². The van der Waals surface area contributed by atoms with Crippen LogP contribution in [0.5, 0.6) is 0 Å². The summed E-state index contributed by atoms with van der Waals surface area (Å²) in [6, 6.07) is 1.77. The molecule has 0 saturated carbocycles. The van der Waals surface area contributed by atoms with Gasteiger partial charge in [0.15, 0.2) is 11.5 Å². The monoisotopic (exact) mass is 192 g/mol. The molecule has 0 bridgehead atoms. The third-order valence-corrected chi connectivity index (χ3v) is 2.23. The van der Waals surface area contributed by atoms with Crippen LogP contribution in [0.1, 0.15) is 29.0 Å². The molecule has 0 spiro atoms. The normalized spacial score (nSPS) is 15.9. The highest BCUT2D eigenvalue weighted by Gasteiger charge is 2.20. The number of Topliss-reactive ketones (excluding diaryl/α,β-unsaturated/α-hetero) is 1. The molecule has 2 heterocycles. The average molecular weight is 192 g/mol. The number of hydrogen-bond donors (Lipinski definition) is 0. The number of furan rings is 1. The molecule has 3 nitrogen and oxygen atoms in total. The number of hydrogen-bond acceptors (Lipinski definition) is 3. The molecule has 0 aliphatic carbocycles. The summed E-state index contributed by atoms with van der Waals surface area (Å²) >= 11 is 0. The van der Waals surface area contributed by atoms with E-state index in [1.165, 1.54) is 6.26 Å². The fourth-order valence-corrected chi connectivity index (χ4v) is 1.43. The topological polar surface area (TPSA) is 39.4 Å². The Balaban J connectivity index is 2.23. The number of rotatable bonds is 2. The van der Waals surface area contributed by atoms with Gasteiger partial charge in [0.05, 0.1) is 12.9 Å². The van der Waals surface area contributed by atoms with Crippen LogP contribution < -0.4 is 0 Å². The smallest absolute Gasteiger partial charge is 0.262 e. The van der Waals surface area contributed by atoms with Crippen molar-refractivity contribution < 1.29 is 13.9 Å². The van der Waals surface area contributed by atoms with Crippen molar-refractivity contribution in [3.05, 3.63) is 35.5 Å². The first-order valence-corrected chi connectivity index (χ1v) is 4.71. The molecule has 0 unspecified atom stereocenters. The lowest BCUT2D eigenvalue weighted by molar-refractivity contribution is 0.0871. The maximum absolute atomic E-state index is 11.8. The van der Waals surface area contributed by atoms with Crippen LogP contribution in [0.4, 0.5) is 0 Å². The SMILES string of the molecule is Cc1ccoc1C(=O)C1=CCCCO1. The third kappa shape index (κ3) is 1.58. The molecule has 0 aromatic carbocycles. The molecule has 0 fully saturated rings. The molecule has 2 rings (SSSR count). The van der Waals surface area contributed by atoms with Crippen LogP contribution in [-0.4, -0.2) is 12.4 Å². The fraction of sp³-hybridized carbons (Fsp3) is 0.364. The molecule has 1 aromatic rings. The minimum absolute atomic E-state index is 0.146. The van der Waals surface area contributed by atoms with E-state index < -0.39 is 0 Å². The van der Waals surface area contributed by atoms with Gasteiger partial charge in [-0.2, -0.15) is 0 Å². The highest BCUT2D eigenvalue weighted by atomic mass is 16.5. The van der Waals surface area contributed by atoms with Gasteiger partial charge in [0.2, 0.25) is 0 Å². The lowest BCUT2D eigenvalue weighted by atomic mass is 10.1. The number of aryl methyl sites for hydroxylation is 1. The van der Waals surface area contributed by atoms with Crippen LogP contribution in [0.15, 0.2) is 28.6 Å². The van der Waals surface area contributed by atoms with Gasteiger partial charge in [-0.25, -0.2) is 0 Å². The first-order chi connectivity index (χ1) is 6.79. The Hall–Kier alpha value is -1.51. The molecule has 0 saturated heterocycles. The van der Waals surface area contributed by atoms with E-state index in [4.69, 9.17) is 9.15 Å². The highest BCUT2D eigenvalue weighted by Crippen LogP contribution is 2.18. The minimum Gasteiger partial charge on any atom is -0.490 e. The van der Waals surface area contributed by atoms with Gasteiger partial charge in [-0.15, -0.1) is 0 Å². The molecule has 0 radical (unpaired) electrons. The Kier molecular flexibility index (Phi) is 2.39.